The Hall–Kier alpha value is -0.460. The first-order valence-corrected chi connectivity index (χ1v) is 9.21. The van der Waals surface area contributed by atoms with Gasteiger partial charge in [-0.05, 0) is 11.6 Å². The molecule has 0 saturated carbocycles. The van der Waals surface area contributed by atoms with Gasteiger partial charge in [0.15, 0.2) is 6.29 Å². The lowest BCUT2D eigenvalue weighted by molar-refractivity contribution is -0.0441. The van der Waals surface area contributed by atoms with E-state index >= 15 is 0 Å². The van der Waals surface area contributed by atoms with Crippen molar-refractivity contribution in [3.05, 3.63) is 57.7 Å². The Kier molecular flexibility index (Phi) is 6.22. The van der Waals surface area contributed by atoms with Crippen molar-refractivity contribution in [2.24, 2.45) is 0 Å². The third kappa shape index (κ3) is 4.83. The van der Waals surface area contributed by atoms with Gasteiger partial charge in [0.25, 0.3) is 0 Å². The second-order valence-corrected chi connectivity index (χ2v) is 8.56. The molecule has 134 valence electrons. The zero-order valence-electron chi connectivity index (χ0n) is 12.7. The molecule has 3 rings (SSSR count). The standard InChI is InChI=1S/C16H13Cl5N2O2/c17-11-7-12(18)14(22-8-11)23-13(16(19,20)21)9-1-3-10(4-2-9)15-24-5-6-25-15/h1-4,7-8,13,15H,5-6H2,(H,22,23). The van der Waals surface area contributed by atoms with E-state index in [1.165, 1.54) is 6.20 Å². The molecule has 0 aliphatic carbocycles. The maximum Gasteiger partial charge on any atom is 0.214 e. The third-order valence-electron chi connectivity index (χ3n) is 3.58. The molecule has 0 radical (unpaired) electrons. The number of alkyl halides is 3. The Labute approximate surface area is 170 Å². The number of nitrogens with zero attached hydrogens (tertiary/aromatic N) is 1. The molecule has 4 nitrogen and oxygen atoms in total. The molecule has 2 aromatic rings. The summed E-state index contributed by atoms with van der Waals surface area (Å²) in [7, 11) is 0. The van der Waals surface area contributed by atoms with Gasteiger partial charge in [-0.1, -0.05) is 82.3 Å². The van der Waals surface area contributed by atoms with Gasteiger partial charge in [0.05, 0.1) is 29.3 Å². The third-order valence-corrected chi connectivity index (χ3v) is 4.73. The Bertz CT molecular complexity index is 730. The van der Waals surface area contributed by atoms with Gasteiger partial charge in [0.1, 0.15) is 5.82 Å². The van der Waals surface area contributed by atoms with E-state index in [-0.39, 0.29) is 6.29 Å². The number of rotatable bonds is 4. The van der Waals surface area contributed by atoms with E-state index in [1.54, 1.807) is 6.07 Å². The number of nitrogens with one attached hydrogen (secondary N) is 1. The number of hydrogen-bond acceptors (Lipinski definition) is 4. The van der Waals surface area contributed by atoms with Gasteiger partial charge in [0, 0.05) is 11.8 Å². The second-order valence-electron chi connectivity index (χ2n) is 5.34. The highest BCUT2D eigenvalue weighted by Gasteiger charge is 2.35. The molecular formula is C16H13Cl5N2O2. The number of hydrogen-bond donors (Lipinski definition) is 1. The van der Waals surface area contributed by atoms with E-state index in [0.717, 1.165) is 11.1 Å². The van der Waals surface area contributed by atoms with Crippen LogP contribution in [0.1, 0.15) is 23.5 Å². The van der Waals surface area contributed by atoms with E-state index in [9.17, 15) is 0 Å². The minimum Gasteiger partial charge on any atom is -0.358 e. The lowest BCUT2D eigenvalue weighted by Gasteiger charge is -2.27. The van der Waals surface area contributed by atoms with Crippen LogP contribution in [-0.4, -0.2) is 22.0 Å². The van der Waals surface area contributed by atoms with Crippen LogP contribution >= 0.6 is 58.0 Å². The van der Waals surface area contributed by atoms with E-state index < -0.39 is 9.83 Å². The Morgan fingerprint density at radius 3 is 2.28 bits per heavy atom. The molecule has 25 heavy (non-hydrogen) atoms. The molecule has 0 spiro atoms. The first-order valence-electron chi connectivity index (χ1n) is 7.32. The van der Waals surface area contributed by atoms with Gasteiger partial charge in [-0.3, -0.25) is 0 Å². The smallest absolute Gasteiger partial charge is 0.214 e. The average Bonchev–Trinajstić information content (AvgIpc) is 3.08. The number of ether oxygens (including phenoxy) is 2. The van der Waals surface area contributed by atoms with Gasteiger partial charge in [-0.25, -0.2) is 4.98 Å². The molecular weight excluding hydrogens is 429 g/mol. The van der Waals surface area contributed by atoms with Crippen molar-refractivity contribution in [2.45, 2.75) is 16.1 Å². The van der Waals surface area contributed by atoms with E-state index in [0.29, 0.717) is 29.1 Å². The fourth-order valence-corrected chi connectivity index (χ4v) is 3.38. The molecule has 1 unspecified atom stereocenters. The summed E-state index contributed by atoms with van der Waals surface area (Å²) in [5, 5.41) is 3.81. The molecule has 1 atom stereocenters. The predicted molar refractivity (Wildman–Crippen MR) is 102 cm³/mol. The van der Waals surface area contributed by atoms with Crippen molar-refractivity contribution in [1.29, 1.82) is 0 Å². The average molecular weight is 443 g/mol. The first-order chi connectivity index (χ1) is 11.8. The lowest BCUT2D eigenvalue weighted by atomic mass is 10.1. The summed E-state index contributed by atoms with van der Waals surface area (Å²) in [4.78, 5) is 4.15. The topological polar surface area (TPSA) is 43.4 Å². The maximum atomic E-state index is 6.16. The van der Waals surface area contributed by atoms with Crippen molar-refractivity contribution in [2.75, 3.05) is 18.5 Å². The summed E-state index contributed by atoms with van der Waals surface area (Å²) in [6.07, 6.45) is 1.10. The van der Waals surface area contributed by atoms with Crippen LogP contribution in [0.15, 0.2) is 36.5 Å². The minimum atomic E-state index is -1.63. The zero-order valence-corrected chi connectivity index (χ0v) is 16.5. The largest absolute Gasteiger partial charge is 0.358 e. The van der Waals surface area contributed by atoms with Crippen molar-refractivity contribution in [3.8, 4) is 0 Å². The number of anilines is 1. The van der Waals surface area contributed by atoms with Gasteiger partial charge in [0.2, 0.25) is 3.79 Å². The fourth-order valence-electron chi connectivity index (χ4n) is 2.41. The normalized spacial score (nSPS) is 16.8. The van der Waals surface area contributed by atoms with Crippen molar-refractivity contribution < 1.29 is 9.47 Å². The van der Waals surface area contributed by atoms with E-state index in [1.807, 2.05) is 24.3 Å². The Morgan fingerprint density at radius 2 is 1.72 bits per heavy atom. The molecule has 0 bridgehead atoms. The van der Waals surface area contributed by atoms with Gasteiger partial charge >= 0.3 is 0 Å². The number of halogens is 5. The second kappa shape index (κ2) is 8.05. The highest BCUT2D eigenvalue weighted by atomic mass is 35.6. The van der Waals surface area contributed by atoms with Crippen molar-refractivity contribution in [3.63, 3.8) is 0 Å². The number of pyridine rings is 1. The molecule has 9 heteroatoms. The van der Waals surface area contributed by atoms with Crippen LogP contribution in [0.5, 0.6) is 0 Å². The summed E-state index contributed by atoms with van der Waals surface area (Å²) < 4.78 is 9.31. The molecule has 0 amide bonds. The van der Waals surface area contributed by atoms with Gasteiger partial charge in [-0.2, -0.15) is 0 Å². The van der Waals surface area contributed by atoms with Crippen LogP contribution in [0.4, 0.5) is 5.82 Å². The zero-order chi connectivity index (χ0) is 18.0. The monoisotopic (exact) mass is 440 g/mol. The maximum absolute atomic E-state index is 6.16. The van der Waals surface area contributed by atoms with Crippen molar-refractivity contribution in [1.82, 2.24) is 4.98 Å². The predicted octanol–water partition coefficient (Wildman–Crippen LogP) is 5.96. The summed E-state index contributed by atoms with van der Waals surface area (Å²) in [6, 6.07) is 8.29. The molecule has 1 fully saturated rings. The van der Waals surface area contributed by atoms with Crippen LogP contribution in [0.2, 0.25) is 10.0 Å². The van der Waals surface area contributed by atoms with Crippen LogP contribution in [0, 0.1) is 0 Å². The quantitative estimate of drug-likeness (QED) is 0.594. The van der Waals surface area contributed by atoms with Crippen LogP contribution in [-0.2, 0) is 9.47 Å². The Balaban J connectivity index is 1.85. The molecule has 1 N–H and O–H groups in total. The molecule has 1 aliphatic heterocycles. The highest BCUT2D eigenvalue weighted by molar-refractivity contribution is 6.68. The summed E-state index contributed by atoms with van der Waals surface area (Å²) in [6.45, 7) is 1.15. The van der Waals surface area contributed by atoms with Crippen LogP contribution in [0.25, 0.3) is 0 Å². The minimum absolute atomic E-state index is 0.330. The summed E-state index contributed by atoms with van der Waals surface area (Å²) in [5.74, 6) is 0.369. The molecule has 1 aromatic carbocycles. The number of aromatic nitrogens is 1. The van der Waals surface area contributed by atoms with Gasteiger partial charge < -0.3 is 14.8 Å². The summed E-state index contributed by atoms with van der Waals surface area (Å²) in [5.41, 5.74) is 1.64. The summed E-state index contributed by atoms with van der Waals surface area (Å²) >= 11 is 30.5. The Morgan fingerprint density at radius 1 is 1.08 bits per heavy atom. The van der Waals surface area contributed by atoms with E-state index in [2.05, 4.69) is 10.3 Å². The molecule has 2 heterocycles. The lowest BCUT2D eigenvalue weighted by Crippen LogP contribution is -2.25. The SMILES string of the molecule is Clc1cnc(NC(c2ccc(C3OCCO3)cc2)C(Cl)(Cl)Cl)c(Cl)c1. The fraction of sp³-hybridized carbons (Fsp3) is 0.312. The van der Waals surface area contributed by atoms with Crippen LogP contribution < -0.4 is 5.32 Å². The molecule has 1 aromatic heterocycles. The first kappa shape index (κ1) is 19.3. The molecule has 1 saturated heterocycles. The van der Waals surface area contributed by atoms with Gasteiger partial charge in [-0.15, -0.1) is 0 Å². The highest BCUT2D eigenvalue weighted by Crippen LogP contribution is 2.43. The molecule has 1 aliphatic rings. The van der Waals surface area contributed by atoms with Crippen molar-refractivity contribution >= 4 is 63.8 Å². The van der Waals surface area contributed by atoms with Crippen LogP contribution in [0.3, 0.4) is 0 Å². The van der Waals surface area contributed by atoms with E-state index in [4.69, 9.17) is 67.5 Å². The number of benzene rings is 1.